The maximum Gasteiger partial charge on any atom is 0.338 e. The van der Waals surface area contributed by atoms with E-state index < -0.39 is 16.0 Å². The van der Waals surface area contributed by atoms with Gasteiger partial charge in [0.15, 0.2) is 12.4 Å². The molecule has 0 radical (unpaired) electrons. The molecule has 4 rings (SSSR count). The van der Waals surface area contributed by atoms with Gasteiger partial charge in [0.05, 0.1) is 21.4 Å². The molecule has 0 aliphatic carbocycles. The summed E-state index contributed by atoms with van der Waals surface area (Å²) in [7, 11) is 0.725. The van der Waals surface area contributed by atoms with Crippen LogP contribution in [0.2, 0.25) is 0 Å². The van der Waals surface area contributed by atoms with Crippen LogP contribution in [0.5, 0.6) is 0 Å². The molecule has 0 atom stereocenters. The number of rotatable bonds is 5. The van der Waals surface area contributed by atoms with Crippen LogP contribution in [-0.2, 0) is 28.4 Å². The van der Waals surface area contributed by atoms with E-state index in [2.05, 4.69) is 10.2 Å². The lowest BCUT2D eigenvalue weighted by Gasteiger charge is -2.13. The number of carbonyl (C=O) groups excluding carboxylic acids is 1. The molecule has 0 aliphatic heterocycles. The molecule has 2 heterocycles. The Labute approximate surface area is 183 Å². The van der Waals surface area contributed by atoms with Gasteiger partial charge in [0, 0.05) is 21.1 Å². The van der Waals surface area contributed by atoms with Crippen molar-refractivity contribution in [2.75, 3.05) is 14.1 Å². The second-order valence-electron chi connectivity index (χ2n) is 7.47. The first kappa shape index (κ1) is 21.7. The third-order valence-corrected chi connectivity index (χ3v) is 7.04. The van der Waals surface area contributed by atoms with Crippen molar-refractivity contribution in [2.45, 2.75) is 18.4 Å². The van der Waals surface area contributed by atoms with E-state index in [4.69, 9.17) is 4.74 Å². The topological polar surface area (TPSA) is 116 Å². The Morgan fingerprint density at radius 2 is 1.84 bits per heavy atom. The second-order valence-corrected chi connectivity index (χ2v) is 9.63. The van der Waals surface area contributed by atoms with Crippen LogP contribution < -0.4 is 5.56 Å². The van der Waals surface area contributed by atoms with E-state index in [1.807, 2.05) is 0 Å². The van der Waals surface area contributed by atoms with Gasteiger partial charge in [-0.05, 0) is 36.8 Å². The van der Waals surface area contributed by atoms with Gasteiger partial charge in [-0.1, -0.05) is 18.2 Å². The molecule has 2 aromatic carbocycles. The van der Waals surface area contributed by atoms with Crippen molar-refractivity contribution in [3.63, 3.8) is 0 Å². The summed E-state index contributed by atoms with van der Waals surface area (Å²) in [5.41, 5.74) is 1.10. The van der Waals surface area contributed by atoms with Gasteiger partial charge in [-0.2, -0.15) is 0 Å². The van der Waals surface area contributed by atoms with Crippen LogP contribution in [0.25, 0.3) is 16.7 Å². The van der Waals surface area contributed by atoms with E-state index in [1.165, 1.54) is 30.8 Å². The van der Waals surface area contributed by atoms with Gasteiger partial charge >= 0.3 is 5.97 Å². The van der Waals surface area contributed by atoms with Gasteiger partial charge in [0.1, 0.15) is 0 Å². The summed E-state index contributed by atoms with van der Waals surface area (Å²) in [6, 6.07) is 11.3. The van der Waals surface area contributed by atoms with E-state index in [9.17, 15) is 18.0 Å². The summed E-state index contributed by atoms with van der Waals surface area (Å²) < 4.78 is 34.4. The van der Waals surface area contributed by atoms with Gasteiger partial charge in [-0.25, -0.2) is 17.5 Å². The van der Waals surface area contributed by atoms with E-state index in [0.717, 1.165) is 4.31 Å². The minimum atomic E-state index is -3.70. The smallest absolute Gasteiger partial charge is 0.338 e. The first-order chi connectivity index (χ1) is 15.1. The molecular weight excluding hydrogens is 434 g/mol. The Hall–Kier alpha value is -3.57. The predicted octanol–water partition coefficient (Wildman–Crippen LogP) is 1.50. The normalized spacial score (nSPS) is 12.0. The van der Waals surface area contributed by atoms with Crippen molar-refractivity contribution in [2.24, 2.45) is 7.05 Å². The fourth-order valence-corrected chi connectivity index (χ4v) is 4.31. The number of ether oxygens (including phenoxy) is 1. The van der Waals surface area contributed by atoms with Gasteiger partial charge in [-0.3, -0.25) is 13.8 Å². The Morgan fingerprint density at radius 3 is 2.56 bits per heavy atom. The molecule has 2 aromatic heterocycles. The largest absolute Gasteiger partial charge is 0.454 e. The molecule has 0 bridgehead atoms. The third kappa shape index (κ3) is 3.45. The van der Waals surface area contributed by atoms with Crippen LogP contribution in [-0.4, -0.2) is 52.0 Å². The quantitative estimate of drug-likeness (QED) is 0.419. The van der Waals surface area contributed by atoms with Crippen molar-refractivity contribution in [1.29, 1.82) is 0 Å². The Kier molecular flexibility index (Phi) is 5.31. The minimum absolute atomic E-state index is 0.00558. The molecule has 0 saturated carbocycles. The zero-order valence-electron chi connectivity index (χ0n) is 17.9. The van der Waals surface area contributed by atoms with Crippen molar-refractivity contribution in [3.05, 3.63) is 69.8 Å². The number of hydrogen-bond acceptors (Lipinski definition) is 7. The zero-order valence-corrected chi connectivity index (χ0v) is 18.8. The molecule has 4 aromatic rings. The van der Waals surface area contributed by atoms with Crippen LogP contribution in [0.3, 0.4) is 0 Å². The molecule has 0 aliphatic rings. The van der Waals surface area contributed by atoms with Gasteiger partial charge < -0.3 is 4.74 Å². The van der Waals surface area contributed by atoms with Gasteiger partial charge in [0.25, 0.3) is 5.56 Å². The number of benzene rings is 2. The molecule has 166 valence electrons. The molecule has 0 N–H and O–H groups in total. The lowest BCUT2D eigenvalue weighted by molar-refractivity contribution is 0.0460. The molecule has 0 amide bonds. The van der Waals surface area contributed by atoms with Crippen molar-refractivity contribution in [1.82, 2.24) is 23.5 Å². The minimum Gasteiger partial charge on any atom is -0.454 e. The number of para-hydroxylation sites is 1. The van der Waals surface area contributed by atoms with E-state index in [1.54, 1.807) is 48.7 Å². The summed E-state index contributed by atoms with van der Waals surface area (Å²) >= 11 is 0. The summed E-state index contributed by atoms with van der Waals surface area (Å²) in [5, 5.41) is 8.63. The zero-order chi connectivity index (χ0) is 23.2. The molecule has 0 unspecified atom stereocenters. The van der Waals surface area contributed by atoms with Crippen LogP contribution >= 0.6 is 0 Å². The molecule has 10 nitrogen and oxygen atoms in total. The molecule has 0 saturated heterocycles. The van der Waals surface area contributed by atoms with E-state index in [0.29, 0.717) is 28.1 Å². The number of fused-ring (bicyclic) bond motifs is 3. The number of carbonyl (C=O) groups is 1. The lowest BCUT2D eigenvalue weighted by atomic mass is 10.1. The average Bonchev–Trinajstić information content (AvgIpc) is 3.20. The number of aryl methyl sites for hydroxylation is 2. The third-order valence-electron chi connectivity index (χ3n) is 5.23. The first-order valence-corrected chi connectivity index (χ1v) is 11.1. The maximum atomic E-state index is 12.8. The van der Waals surface area contributed by atoms with Crippen LogP contribution in [0.15, 0.2) is 52.2 Å². The number of hydrogen-bond donors (Lipinski definition) is 0. The highest BCUT2D eigenvalue weighted by Crippen LogP contribution is 2.20. The van der Waals surface area contributed by atoms with Gasteiger partial charge in [0.2, 0.25) is 15.8 Å². The maximum absolute atomic E-state index is 12.8. The van der Waals surface area contributed by atoms with Crippen LogP contribution in [0.4, 0.5) is 0 Å². The van der Waals surface area contributed by atoms with Crippen molar-refractivity contribution < 1.29 is 17.9 Å². The molecule has 32 heavy (non-hydrogen) atoms. The summed E-state index contributed by atoms with van der Waals surface area (Å²) in [4.78, 5) is 25.3. The van der Waals surface area contributed by atoms with Crippen LogP contribution in [0, 0.1) is 6.92 Å². The lowest BCUT2D eigenvalue weighted by Crippen LogP contribution is -2.22. The monoisotopic (exact) mass is 455 g/mol. The fraction of sp³-hybridized carbons (Fsp3) is 0.238. The number of aromatic nitrogens is 4. The molecule has 11 heteroatoms. The van der Waals surface area contributed by atoms with Crippen molar-refractivity contribution in [3.8, 4) is 0 Å². The predicted molar refractivity (Wildman–Crippen MR) is 117 cm³/mol. The summed E-state index contributed by atoms with van der Waals surface area (Å²) in [5.74, 6) is -0.0472. The Morgan fingerprint density at radius 1 is 1.12 bits per heavy atom. The fourth-order valence-electron chi connectivity index (χ4n) is 3.39. The highest BCUT2D eigenvalue weighted by atomic mass is 32.2. The highest BCUT2D eigenvalue weighted by Gasteiger charge is 2.22. The standard InChI is InChI=1S/C21H21N5O5S/c1-13-9-10-14(32(29,30)24(2)3)11-16(13)20(28)31-12-18-22-23-21-25(4)19(27)15-7-5-6-8-17(15)26(18)21/h5-11H,12H2,1-4H3. The van der Waals surface area contributed by atoms with Gasteiger partial charge in [-0.15, -0.1) is 10.2 Å². The molecule has 0 fully saturated rings. The number of nitrogens with zero attached hydrogens (tertiary/aromatic N) is 5. The Balaban J connectivity index is 1.70. The Bertz CT molecular complexity index is 1540. The molecular formula is C21H21N5O5S. The summed E-state index contributed by atoms with van der Waals surface area (Å²) in [6.45, 7) is 1.48. The van der Waals surface area contributed by atoms with E-state index in [-0.39, 0.29) is 22.6 Å². The average molecular weight is 455 g/mol. The highest BCUT2D eigenvalue weighted by molar-refractivity contribution is 7.89. The van der Waals surface area contributed by atoms with Crippen LogP contribution in [0.1, 0.15) is 21.7 Å². The SMILES string of the molecule is Cc1ccc(S(=O)(=O)N(C)C)cc1C(=O)OCc1nnc2n(C)c(=O)c3ccccc3n12. The van der Waals surface area contributed by atoms with Crippen molar-refractivity contribution >= 4 is 32.7 Å². The molecule has 0 spiro atoms. The van der Waals surface area contributed by atoms with E-state index >= 15 is 0 Å². The number of esters is 1. The number of sulfonamides is 1. The summed E-state index contributed by atoms with van der Waals surface area (Å²) in [6.07, 6.45) is 0. The second kappa shape index (κ2) is 7.84. The first-order valence-electron chi connectivity index (χ1n) is 9.65.